The molecule has 0 atom stereocenters. The number of benzene rings is 2. The lowest BCUT2D eigenvalue weighted by Gasteiger charge is -2.34. The zero-order chi connectivity index (χ0) is 20.8. The summed E-state index contributed by atoms with van der Waals surface area (Å²) in [5, 5.41) is 12.1. The molecule has 29 heavy (non-hydrogen) atoms. The number of nitrogens with zero attached hydrogens (tertiary/aromatic N) is 4. The van der Waals surface area contributed by atoms with Crippen molar-refractivity contribution in [1.29, 1.82) is 5.26 Å². The first-order chi connectivity index (χ1) is 14.0. The Hall–Kier alpha value is -3.37. The maximum atomic E-state index is 12.5. The van der Waals surface area contributed by atoms with Crippen LogP contribution >= 0.6 is 0 Å². The lowest BCUT2D eigenvalue weighted by Crippen LogP contribution is -2.44. The average Bonchev–Trinajstić information content (AvgIpc) is 2.73. The number of rotatable bonds is 5. The van der Waals surface area contributed by atoms with E-state index in [0.717, 1.165) is 31.9 Å². The van der Waals surface area contributed by atoms with Crippen molar-refractivity contribution < 1.29 is 9.59 Å². The Kier molecular flexibility index (Phi) is 6.47. The smallest absolute Gasteiger partial charge is 0.244 e. The summed E-state index contributed by atoms with van der Waals surface area (Å²) >= 11 is 0. The molecule has 0 aromatic heterocycles. The Morgan fingerprint density at radius 2 is 1.72 bits per heavy atom. The molecule has 0 aliphatic carbocycles. The zero-order valence-electron chi connectivity index (χ0n) is 16.8. The lowest BCUT2D eigenvalue weighted by molar-refractivity contribution is -0.120. The van der Waals surface area contributed by atoms with Gasteiger partial charge in [0.1, 0.15) is 12.6 Å². The summed E-state index contributed by atoms with van der Waals surface area (Å²) in [4.78, 5) is 30.5. The van der Waals surface area contributed by atoms with Crippen LogP contribution in [0, 0.1) is 11.3 Å². The predicted molar refractivity (Wildman–Crippen MR) is 114 cm³/mol. The Morgan fingerprint density at radius 1 is 1.07 bits per heavy atom. The van der Waals surface area contributed by atoms with Gasteiger partial charge in [-0.25, -0.2) is 0 Å². The third kappa shape index (κ3) is 5.12. The lowest BCUT2D eigenvalue weighted by atomic mass is 10.1. The van der Waals surface area contributed by atoms with Crippen molar-refractivity contribution in [1.82, 2.24) is 4.90 Å². The van der Waals surface area contributed by atoms with E-state index in [0.29, 0.717) is 16.9 Å². The number of piperazine rings is 1. The summed E-state index contributed by atoms with van der Waals surface area (Å²) in [7, 11) is 2.12. The summed E-state index contributed by atoms with van der Waals surface area (Å²) in [6, 6.07) is 16.5. The maximum absolute atomic E-state index is 12.5. The summed E-state index contributed by atoms with van der Waals surface area (Å²) in [6.45, 7) is 5.25. The topological polar surface area (TPSA) is 79.7 Å². The van der Waals surface area contributed by atoms with E-state index >= 15 is 0 Å². The molecule has 7 heteroatoms. The minimum absolute atomic E-state index is 0.158. The van der Waals surface area contributed by atoms with Crippen LogP contribution in [-0.4, -0.2) is 56.5 Å². The summed E-state index contributed by atoms with van der Waals surface area (Å²) in [6.07, 6.45) is 0. The second-order valence-corrected chi connectivity index (χ2v) is 7.12. The van der Waals surface area contributed by atoms with Crippen molar-refractivity contribution in [2.24, 2.45) is 0 Å². The third-order valence-corrected chi connectivity index (χ3v) is 5.02. The van der Waals surface area contributed by atoms with Crippen LogP contribution in [0.25, 0.3) is 0 Å². The molecule has 3 rings (SSSR count). The SMILES string of the molecule is CC(=O)N(CC(=O)Nc1ccc(N2CCN(C)CC2)cc1)c1ccccc1C#N. The number of nitrogens with one attached hydrogen (secondary N) is 1. The van der Waals surface area contributed by atoms with Gasteiger partial charge in [0, 0.05) is 44.5 Å². The van der Waals surface area contributed by atoms with Gasteiger partial charge in [0.25, 0.3) is 0 Å². The van der Waals surface area contributed by atoms with Crippen LogP contribution in [0.4, 0.5) is 17.1 Å². The molecule has 1 saturated heterocycles. The van der Waals surface area contributed by atoms with Gasteiger partial charge in [-0.2, -0.15) is 5.26 Å². The van der Waals surface area contributed by atoms with Crippen LogP contribution in [0.1, 0.15) is 12.5 Å². The first-order valence-electron chi connectivity index (χ1n) is 9.58. The van der Waals surface area contributed by atoms with Crippen LogP contribution in [0.3, 0.4) is 0 Å². The number of para-hydroxylation sites is 1. The highest BCUT2D eigenvalue weighted by molar-refractivity contribution is 6.02. The van der Waals surface area contributed by atoms with E-state index in [1.54, 1.807) is 24.3 Å². The van der Waals surface area contributed by atoms with Gasteiger partial charge in [0.15, 0.2) is 0 Å². The molecule has 0 unspecified atom stereocenters. The number of carbonyl (C=O) groups excluding carboxylic acids is 2. The Bertz CT molecular complexity index is 912. The minimum atomic E-state index is -0.319. The van der Waals surface area contributed by atoms with Gasteiger partial charge in [-0.3, -0.25) is 9.59 Å². The molecule has 1 heterocycles. The molecule has 0 saturated carbocycles. The standard InChI is InChI=1S/C22H25N5O2/c1-17(28)27(21-6-4-3-5-18(21)15-23)16-22(29)24-19-7-9-20(10-8-19)26-13-11-25(2)12-14-26/h3-10H,11-14,16H2,1-2H3,(H,24,29). The second-order valence-electron chi connectivity index (χ2n) is 7.12. The molecule has 2 amide bonds. The number of anilines is 3. The number of hydrogen-bond donors (Lipinski definition) is 1. The highest BCUT2D eigenvalue weighted by Gasteiger charge is 2.19. The molecule has 1 N–H and O–H groups in total. The third-order valence-electron chi connectivity index (χ3n) is 5.02. The van der Waals surface area contributed by atoms with Crippen LogP contribution in [-0.2, 0) is 9.59 Å². The number of nitriles is 1. The molecule has 0 spiro atoms. The van der Waals surface area contributed by atoms with E-state index in [2.05, 4.69) is 28.2 Å². The molecule has 2 aromatic carbocycles. The van der Waals surface area contributed by atoms with Crippen LogP contribution in [0.15, 0.2) is 48.5 Å². The fourth-order valence-electron chi connectivity index (χ4n) is 3.33. The maximum Gasteiger partial charge on any atom is 0.244 e. The van der Waals surface area contributed by atoms with Crippen molar-refractivity contribution in [3.05, 3.63) is 54.1 Å². The van der Waals surface area contributed by atoms with Gasteiger partial charge in [-0.1, -0.05) is 12.1 Å². The summed E-state index contributed by atoms with van der Waals surface area (Å²) in [5.74, 6) is -0.617. The minimum Gasteiger partial charge on any atom is -0.369 e. The number of hydrogen-bond acceptors (Lipinski definition) is 5. The van der Waals surface area contributed by atoms with Gasteiger partial charge in [-0.15, -0.1) is 0 Å². The van der Waals surface area contributed by atoms with E-state index in [4.69, 9.17) is 0 Å². The fourth-order valence-corrected chi connectivity index (χ4v) is 3.33. The normalized spacial score (nSPS) is 14.2. The van der Waals surface area contributed by atoms with Crippen LogP contribution in [0.5, 0.6) is 0 Å². The van der Waals surface area contributed by atoms with Gasteiger partial charge in [0.05, 0.1) is 11.3 Å². The van der Waals surface area contributed by atoms with Crippen molar-refractivity contribution in [3.63, 3.8) is 0 Å². The number of carbonyl (C=O) groups is 2. The molecular weight excluding hydrogens is 366 g/mol. The molecule has 1 aliphatic rings. The van der Waals surface area contributed by atoms with E-state index in [9.17, 15) is 14.9 Å². The number of likely N-dealkylation sites (N-methyl/N-ethyl adjacent to an activating group) is 1. The summed E-state index contributed by atoms with van der Waals surface area (Å²) in [5.41, 5.74) is 2.59. The Labute approximate surface area is 171 Å². The molecule has 2 aromatic rings. The van der Waals surface area contributed by atoms with Gasteiger partial charge >= 0.3 is 0 Å². The highest BCUT2D eigenvalue weighted by Crippen LogP contribution is 2.21. The van der Waals surface area contributed by atoms with Crippen molar-refractivity contribution >= 4 is 28.9 Å². The van der Waals surface area contributed by atoms with E-state index in [1.165, 1.54) is 11.8 Å². The van der Waals surface area contributed by atoms with Crippen LogP contribution < -0.4 is 15.1 Å². The molecule has 150 valence electrons. The van der Waals surface area contributed by atoms with Gasteiger partial charge in [0.2, 0.25) is 11.8 Å². The quantitative estimate of drug-likeness (QED) is 0.846. The molecule has 7 nitrogen and oxygen atoms in total. The Balaban J connectivity index is 1.65. The first-order valence-corrected chi connectivity index (χ1v) is 9.58. The molecule has 1 aliphatic heterocycles. The Morgan fingerprint density at radius 3 is 2.34 bits per heavy atom. The predicted octanol–water partition coefficient (Wildman–Crippen LogP) is 2.30. The molecule has 0 bridgehead atoms. The largest absolute Gasteiger partial charge is 0.369 e. The highest BCUT2D eigenvalue weighted by atomic mass is 16.2. The van der Waals surface area contributed by atoms with Gasteiger partial charge in [-0.05, 0) is 43.4 Å². The first kappa shape index (κ1) is 20.4. The number of amides is 2. The van der Waals surface area contributed by atoms with E-state index in [1.807, 2.05) is 24.3 Å². The van der Waals surface area contributed by atoms with E-state index in [-0.39, 0.29) is 18.4 Å². The molecular formula is C22H25N5O2. The fraction of sp³-hybridized carbons (Fsp3) is 0.318. The molecule has 0 radical (unpaired) electrons. The molecule has 1 fully saturated rings. The second kappa shape index (κ2) is 9.22. The average molecular weight is 391 g/mol. The van der Waals surface area contributed by atoms with Gasteiger partial charge < -0.3 is 20.0 Å². The van der Waals surface area contributed by atoms with E-state index < -0.39 is 0 Å². The van der Waals surface area contributed by atoms with Crippen LogP contribution in [0.2, 0.25) is 0 Å². The monoisotopic (exact) mass is 391 g/mol. The van der Waals surface area contributed by atoms with Crippen molar-refractivity contribution in [2.75, 3.05) is 54.9 Å². The van der Waals surface area contributed by atoms with Crippen molar-refractivity contribution in [2.45, 2.75) is 6.92 Å². The van der Waals surface area contributed by atoms with Crippen molar-refractivity contribution in [3.8, 4) is 6.07 Å². The zero-order valence-corrected chi connectivity index (χ0v) is 16.8. The summed E-state index contributed by atoms with van der Waals surface area (Å²) < 4.78 is 0.